The van der Waals surface area contributed by atoms with Gasteiger partial charge in [-0.25, -0.2) is 9.97 Å². The van der Waals surface area contributed by atoms with E-state index in [0.717, 1.165) is 56.5 Å². The van der Waals surface area contributed by atoms with Crippen molar-refractivity contribution in [3.05, 3.63) is 176 Å². The third-order valence-corrected chi connectivity index (χ3v) is 15.4. The van der Waals surface area contributed by atoms with Crippen LogP contribution in [0.5, 0.6) is 23.0 Å². The minimum Gasteiger partial charge on any atom is -0.458 e. The molecule has 11 rings (SSSR count). The van der Waals surface area contributed by atoms with Crippen molar-refractivity contribution in [1.29, 1.82) is 0 Å². The van der Waals surface area contributed by atoms with Crippen LogP contribution in [0.3, 0.4) is 0 Å². The van der Waals surface area contributed by atoms with Crippen molar-refractivity contribution in [2.75, 3.05) is 0 Å². The molecule has 0 radical (unpaired) electrons. The molecule has 0 saturated carbocycles. The highest BCUT2D eigenvalue weighted by Gasteiger charge is 2.53. The predicted octanol–water partition coefficient (Wildman–Crippen LogP) is 8.50. The topological polar surface area (TPSA) is 49.2 Å². The summed E-state index contributed by atoms with van der Waals surface area (Å²) in [5.41, 5.74) is 5.85. The van der Waals surface area contributed by atoms with Gasteiger partial charge in [0.05, 0.1) is 22.4 Å². The molecule has 0 aliphatic carbocycles. The van der Waals surface area contributed by atoms with Gasteiger partial charge in [-0.1, -0.05) is 121 Å². The van der Waals surface area contributed by atoms with Crippen molar-refractivity contribution >= 4 is 50.6 Å². The Bertz CT molecular complexity index is 2730. The molecule has 2 aliphatic heterocycles. The van der Waals surface area contributed by atoms with Crippen LogP contribution in [0.4, 0.5) is 0 Å². The van der Waals surface area contributed by atoms with Gasteiger partial charge in [-0.3, -0.25) is 4.57 Å². The smallest absolute Gasteiger partial charge is 0.235 e. The van der Waals surface area contributed by atoms with Crippen LogP contribution in [-0.4, -0.2) is 22.6 Å². The summed E-state index contributed by atoms with van der Waals surface area (Å²) in [4.78, 5) is 10.6. The Balaban J connectivity index is 1.21. The zero-order valence-electron chi connectivity index (χ0n) is 27.9. The van der Waals surface area contributed by atoms with Gasteiger partial charge >= 0.3 is 0 Å². The van der Waals surface area contributed by atoms with Crippen molar-refractivity contribution in [2.24, 2.45) is 0 Å². The monoisotopic (exact) mass is 683 g/mol. The summed E-state index contributed by atoms with van der Waals surface area (Å²) < 4.78 is 15.6. The summed E-state index contributed by atoms with van der Waals surface area (Å²) in [6.45, 7) is 0. The van der Waals surface area contributed by atoms with Gasteiger partial charge in [-0.2, -0.15) is 0 Å². The van der Waals surface area contributed by atoms with Crippen LogP contribution in [0.15, 0.2) is 176 Å². The Morgan fingerprint density at radius 3 is 1.42 bits per heavy atom. The zero-order chi connectivity index (χ0) is 34.2. The largest absolute Gasteiger partial charge is 0.458 e. The molecule has 9 aromatic rings. The van der Waals surface area contributed by atoms with Gasteiger partial charge < -0.3 is 9.47 Å². The maximum Gasteiger partial charge on any atom is 0.235 e. The lowest BCUT2D eigenvalue weighted by Crippen LogP contribution is -2.77. The van der Waals surface area contributed by atoms with Crippen LogP contribution in [-0.2, 0) is 0 Å². The molecule has 0 unspecified atom stereocenters. The summed E-state index contributed by atoms with van der Waals surface area (Å²) in [6, 6.07) is 61.6. The number of fused-ring (bicyclic) bond motifs is 11. The van der Waals surface area contributed by atoms with Crippen LogP contribution < -0.4 is 30.2 Å². The van der Waals surface area contributed by atoms with E-state index in [2.05, 4.69) is 174 Å². The van der Waals surface area contributed by atoms with Gasteiger partial charge in [0.15, 0.2) is 8.07 Å². The third-order valence-electron chi connectivity index (χ3n) is 10.6. The molecule has 52 heavy (non-hydrogen) atoms. The summed E-state index contributed by atoms with van der Waals surface area (Å²) in [5, 5.41) is 7.14. The Morgan fingerprint density at radius 1 is 0.385 bits per heavy atom. The van der Waals surface area contributed by atoms with Crippen molar-refractivity contribution < 1.29 is 9.47 Å². The second-order valence-corrected chi connectivity index (χ2v) is 17.0. The Labute approximate surface area is 301 Å². The van der Waals surface area contributed by atoms with Crippen molar-refractivity contribution in [3.8, 4) is 51.5 Å². The molecule has 0 amide bonds. The van der Waals surface area contributed by atoms with E-state index in [1.165, 1.54) is 31.5 Å². The number of hydrogen-bond acceptors (Lipinski definition) is 4. The zero-order valence-corrected chi connectivity index (χ0v) is 28.9. The molecular weight excluding hydrogens is 655 g/mol. The second-order valence-electron chi connectivity index (χ2n) is 13.3. The Hall–Kier alpha value is -6.76. The third kappa shape index (κ3) is 4.10. The number of para-hydroxylation sites is 5. The molecule has 0 bridgehead atoms. The molecule has 0 atom stereocenters. The fourth-order valence-electron chi connectivity index (χ4n) is 8.35. The van der Waals surface area contributed by atoms with E-state index in [4.69, 9.17) is 19.4 Å². The van der Waals surface area contributed by atoms with E-state index in [0.29, 0.717) is 5.95 Å². The number of nitrogens with zero attached hydrogens (tertiary/aromatic N) is 3. The van der Waals surface area contributed by atoms with Crippen LogP contribution >= 0.6 is 0 Å². The van der Waals surface area contributed by atoms with Gasteiger partial charge in [-0.15, -0.1) is 0 Å². The van der Waals surface area contributed by atoms with E-state index in [9.17, 15) is 0 Å². The van der Waals surface area contributed by atoms with E-state index in [1.807, 2.05) is 6.07 Å². The number of aromatic nitrogens is 3. The summed E-state index contributed by atoms with van der Waals surface area (Å²) in [7, 11) is -2.93. The first kappa shape index (κ1) is 29.0. The van der Waals surface area contributed by atoms with Crippen LogP contribution in [0.2, 0.25) is 0 Å². The Kier molecular flexibility index (Phi) is 6.20. The quantitative estimate of drug-likeness (QED) is 0.175. The molecule has 2 aliphatic rings. The first-order valence-corrected chi connectivity index (χ1v) is 19.5. The fraction of sp³-hybridized carbons (Fsp3) is 0. The van der Waals surface area contributed by atoms with Gasteiger partial charge in [0.2, 0.25) is 5.95 Å². The van der Waals surface area contributed by atoms with Crippen molar-refractivity contribution in [3.63, 3.8) is 0 Å². The lowest BCUT2D eigenvalue weighted by atomic mass is 10.1. The molecule has 0 fully saturated rings. The molecule has 7 aromatic carbocycles. The molecule has 5 nitrogen and oxygen atoms in total. The van der Waals surface area contributed by atoms with Crippen LogP contribution in [0.1, 0.15) is 0 Å². The van der Waals surface area contributed by atoms with E-state index in [-0.39, 0.29) is 0 Å². The van der Waals surface area contributed by atoms with E-state index < -0.39 is 8.07 Å². The highest BCUT2D eigenvalue weighted by molar-refractivity contribution is 7.21. The lowest BCUT2D eigenvalue weighted by molar-refractivity contribution is 0.481. The minimum absolute atomic E-state index is 0.627. The van der Waals surface area contributed by atoms with Gasteiger partial charge in [0.1, 0.15) is 23.0 Å². The second kappa shape index (κ2) is 11.1. The first-order chi connectivity index (χ1) is 25.8. The SMILES string of the molecule is c1ccc(-c2cc(-c3ccc4c(c3)[Si]3(c5ccccc5Oc5ccccc53)c3ccccc3O4)nc(-n3c4ccccc4c4ccccc43)n2)cc1. The highest BCUT2D eigenvalue weighted by atomic mass is 28.3. The van der Waals surface area contributed by atoms with Gasteiger partial charge in [0, 0.05) is 21.9 Å². The summed E-state index contributed by atoms with van der Waals surface area (Å²) >= 11 is 0. The average Bonchev–Trinajstić information content (AvgIpc) is 3.55. The fourth-order valence-corrected chi connectivity index (χ4v) is 13.5. The maximum atomic E-state index is 6.76. The number of hydrogen-bond donors (Lipinski definition) is 0. The summed E-state index contributed by atoms with van der Waals surface area (Å²) in [6.07, 6.45) is 0. The first-order valence-electron chi connectivity index (χ1n) is 17.5. The molecule has 244 valence electrons. The number of rotatable bonds is 3. The molecule has 0 saturated heterocycles. The number of benzene rings is 7. The molecule has 6 heteroatoms. The molecule has 4 heterocycles. The summed E-state index contributed by atoms with van der Waals surface area (Å²) in [5.74, 6) is 4.16. The normalized spacial score (nSPS) is 13.5. The van der Waals surface area contributed by atoms with Crippen LogP contribution in [0, 0.1) is 0 Å². The van der Waals surface area contributed by atoms with Gasteiger partial charge in [0.25, 0.3) is 0 Å². The van der Waals surface area contributed by atoms with E-state index >= 15 is 0 Å². The average molecular weight is 684 g/mol. The minimum atomic E-state index is -2.93. The van der Waals surface area contributed by atoms with Crippen LogP contribution in [0.25, 0.3) is 50.3 Å². The standard InChI is InChI=1S/C46H29N3O2Si/c1-2-14-30(15-3-1)34-29-35(48-46(47-34)49-36-18-6-4-16-32(36)33-17-5-7-19-37(33)49)31-26-27-41-45(28-31)52(44-25-13-10-22-40(44)51-41)42-23-11-8-20-38(42)50-39-21-9-12-24-43(39)52/h1-29H. The van der Waals surface area contributed by atoms with E-state index in [1.54, 1.807) is 0 Å². The van der Waals surface area contributed by atoms with Gasteiger partial charge in [-0.05, 0) is 75.3 Å². The van der Waals surface area contributed by atoms with Crippen molar-refractivity contribution in [1.82, 2.24) is 14.5 Å². The number of ether oxygens (including phenoxy) is 2. The lowest BCUT2D eigenvalue weighted by Gasteiger charge is -2.43. The highest BCUT2D eigenvalue weighted by Crippen LogP contribution is 2.38. The predicted molar refractivity (Wildman–Crippen MR) is 211 cm³/mol. The molecule has 2 aromatic heterocycles. The molecule has 0 N–H and O–H groups in total. The Morgan fingerprint density at radius 2 is 0.846 bits per heavy atom. The molecular formula is C46H29N3O2Si. The maximum absolute atomic E-state index is 6.76. The molecule has 1 spiro atoms. The van der Waals surface area contributed by atoms with Crippen molar-refractivity contribution in [2.45, 2.75) is 0 Å².